The average molecular weight is 319 g/mol. The molecule has 114 valence electrons. The molecule has 8 heteroatoms. The number of carbonyl (C=O) groups excluding carboxylic acids is 1. The van der Waals surface area contributed by atoms with Gasteiger partial charge in [-0.2, -0.15) is 0 Å². The van der Waals surface area contributed by atoms with Crippen molar-refractivity contribution >= 4 is 23.2 Å². The van der Waals surface area contributed by atoms with Gasteiger partial charge in [-0.15, -0.1) is 11.3 Å². The van der Waals surface area contributed by atoms with Crippen LogP contribution in [0.25, 0.3) is 0 Å². The Kier molecular flexibility index (Phi) is 4.12. The van der Waals surface area contributed by atoms with E-state index in [9.17, 15) is 9.59 Å². The molecule has 1 saturated heterocycles. The largest absolute Gasteiger partial charge is 0.476 e. The molecule has 1 fully saturated rings. The van der Waals surface area contributed by atoms with Crippen LogP contribution in [0.15, 0.2) is 29.9 Å². The van der Waals surface area contributed by atoms with Crippen molar-refractivity contribution in [1.29, 1.82) is 0 Å². The van der Waals surface area contributed by atoms with Crippen LogP contribution in [-0.4, -0.2) is 51.5 Å². The van der Waals surface area contributed by atoms with Gasteiger partial charge in [0.25, 0.3) is 5.91 Å². The van der Waals surface area contributed by atoms with Crippen LogP contribution in [0.4, 0.5) is 0 Å². The molecule has 0 aromatic carbocycles. The zero-order valence-electron chi connectivity index (χ0n) is 11.5. The zero-order valence-corrected chi connectivity index (χ0v) is 12.3. The first-order valence-electron chi connectivity index (χ1n) is 6.65. The Morgan fingerprint density at radius 2 is 2.09 bits per heavy atom. The SMILES string of the molecule is O=C(O)c1cnc(C(=O)N2CCOC(c3cccs3)C2)cn1. The Bertz CT molecular complexity index is 672. The molecule has 0 aliphatic carbocycles. The second-order valence-electron chi connectivity index (χ2n) is 4.72. The van der Waals surface area contributed by atoms with E-state index in [1.54, 1.807) is 16.2 Å². The van der Waals surface area contributed by atoms with Gasteiger partial charge in [-0.25, -0.2) is 14.8 Å². The van der Waals surface area contributed by atoms with Crippen LogP contribution in [0.5, 0.6) is 0 Å². The molecule has 7 nitrogen and oxygen atoms in total. The summed E-state index contributed by atoms with van der Waals surface area (Å²) in [4.78, 5) is 33.5. The molecule has 0 spiro atoms. The lowest BCUT2D eigenvalue weighted by Gasteiger charge is -2.32. The van der Waals surface area contributed by atoms with Gasteiger partial charge in [0.05, 0.1) is 25.5 Å². The fraction of sp³-hybridized carbons (Fsp3) is 0.286. The Balaban J connectivity index is 1.72. The second kappa shape index (κ2) is 6.20. The van der Waals surface area contributed by atoms with Gasteiger partial charge in [0.1, 0.15) is 11.8 Å². The van der Waals surface area contributed by atoms with Crippen LogP contribution in [0.2, 0.25) is 0 Å². The predicted octanol–water partition coefficient (Wildman–Crippen LogP) is 1.45. The van der Waals surface area contributed by atoms with E-state index in [2.05, 4.69) is 9.97 Å². The Morgan fingerprint density at radius 3 is 2.73 bits per heavy atom. The lowest BCUT2D eigenvalue weighted by atomic mass is 10.2. The standard InChI is InChI=1S/C14H13N3O4S/c18-13(9-6-16-10(7-15-9)14(19)20)17-3-4-21-11(8-17)12-2-1-5-22-12/h1-2,5-7,11H,3-4,8H2,(H,19,20). The number of aromatic nitrogens is 2. The highest BCUT2D eigenvalue weighted by molar-refractivity contribution is 7.10. The summed E-state index contributed by atoms with van der Waals surface area (Å²) in [6.07, 6.45) is 2.15. The molecule has 3 rings (SSSR count). The van der Waals surface area contributed by atoms with Crippen molar-refractivity contribution in [2.24, 2.45) is 0 Å². The van der Waals surface area contributed by atoms with Crippen molar-refractivity contribution in [2.75, 3.05) is 19.7 Å². The smallest absolute Gasteiger partial charge is 0.356 e. The normalized spacial score (nSPS) is 18.2. The molecule has 3 heterocycles. The van der Waals surface area contributed by atoms with E-state index in [-0.39, 0.29) is 23.4 Å². The maximum absolute atomic E-state index is 12.4. The molecule has 2 aromatic heterocycles. The van der Waals surface area contributed by atoms with Gasteiger partial charge in [-0.1, -0.05) is 6.07 Å². The van der Waals surface area contributed by atoms with Crippen LogP contribution in [0.1, 0.15) is 32.0 Å². The number of carboxylic acid groups (broad SMARTS) is 1. The monoisotopic (exact) mass is 319 g/mol. The molecule has 1 N–H and O–H groups in total. The number of rotatable bonds is 3. The zero-order chi connectivity index (χ0) is 15.5. The first-order valence-corrected chi connectivity index (χ1v) is 7.53. The van der Waals surface area contributed by atoms with Crippen LogP contribution in [0, 0.1) is 0 Å². The Hall–Kier alpha value is -2.32. The van der Waals surface area contributed by atoms with Gasteiger partial charge in [0.15, 0.2) is 5.69 Å². The lowest BCUT2D eigenvalue weighted by molar-refractivity contribution is -0.0214. The van der Waals surface area contributed by atoms with E-state index >= 15 is 0 Å². The minimum Gasteiger partial charge on any atom is -0.476 e. The number of carboxylic acids is 1. The van der Waals surface area contributed by atoms with Crippen molar-refractivity contribution < 1.29 is 19.4 Å². The quantitative estimate of drug-likeness (QED) is 0.920. The highest BCUT2D eigenvalue weighted by atomic mass is 32.1. The third-order valence-electron chi connectivity index (χ3n) is 3.30. The summed E-state index contributed by atoms with van der Waals surface area (Å²) in [6, 6.07) is 3.92. The highest BCUT2D eigenvalue weighted by Crippen LogP contribution is 2.26. The van der Waals surface area contributed by atoms with E-state index in [1.165, 1.54) is 6.20 Å². The molecule has 1 amide bonds. The summed E-state index contributed by atoms with van der Waals surface area (Å²) >= 11 is 1.59. The molecule has 1 atom stereocenters. The molecule has 1 unspecified atom stereocenters. The van der Waals surface area contributed by atoms with Crippen molar-refractivity contribution in [1.82, 2.24) is 14.9 Å². The summed E-state index contributed by atoms with van der Waals surface area (Å²) < 4.78 is 5.69. The second-order valence-corrected chi connectivity index (χ2v) is 5.70. The van der Waals surface area contributed by atoms with Crippen LogP contribution in [0.3, 0.4) is 0 Å². The minimum absolute atomic E-state index is 0.135. The molecule has 0 radical (unpaired) electrons. The number of aromatic carboxylic acids is 1. The molecule has 22 heavy (non-hydrogen) atoms. The number of hydrogen-bond donors (Lipinski definition) is 1. The maximum Gasteiger partial charge on any atom is 0.356 e. The first kappa shape index (κ1) is 14.6. The van der Waals surface area contributed by atoms with Gasteiger partial charge in [-0.3, -0.25) is 4.79 Å². The number of nitrogens with zero attached hydrogens (tertiary/aromatic N) is 3. The van der Waals surface area contributed by atoms with Gasteiger partial charge < -0.3 is 14.7 Å². The van der Waals surface area contributed by atoms with Crippen LogP contribution in [-0.2, 0) is 4.74 Å². The van der Waals surface area contributed by atoms with Crippen molar-refractivity contribution in [2.45, 2.75) is 6.10 Å². The fourth-order valence-corrected chi connectivity index (χ4v) is 2.96. The minimum atomic E-state index is -1.17. The van der Waals surface area contributed by atoms with Crippen molar-refractivity contribution in [3.05, 3.63) is 46.2 Å². The van der Waals surface area contributed by atoms with Gasteiger partial charge in [-0.05, 0) is 11.4 Å². The lowest BCUT2D eigenvalue weighted by Crippen LogP contribution is -2.42. The molecule has 0 bridgehead atoms. The molecular formula is C14H13N3O4S. The number of hydrogen-bond acceptors (Lipinski definition) is 6. The predicted molar refractivity (Wildman–Crippen MR) is 77.9 cm³/mol. The van der Waals surface area contributed by atoms with E-state index in [4.69, 9.17) is 9.84 Å². The van der Waals surface area contributed by atoms with Gasteiger partial charge >= 0.3 is 5.97 Å². The first-order chi connectivity index (χ1) is 10.6. The van der Waals surface area contributed by atoms with Crippen LogP contribution >= 0.6 is 11.3 Å². The molecule has 0 saturated carbocycles. The molecule has 1 aliphatic rings. The average Bonchev–Trinajstić information content (AvgIpc) is 3.09. The van der Waals surface area contributed by atoms with E-state index in [0.29, 0.717) is 19.7 Å². The van der Waals surface area contributed by atoms with Crippen LogP contribution < -0.4 is 0 Å². The van der Waals surface area contributed by atoms with Crippen molar-refractivity contribution in [3.63, 3.8) is 0 Å². The molecule has 2 aromatic rings. The third kappa shape index (κ3) is 2.97. The number of morpholine rings is 1. The topological polar surface area (TPSA) is 92.6 Å². The Morgan fingerprint density at radius 1 is 1.32 bits per heavy atom. The summed E-state index contributed by atoms with van der Waals surface area (Å²) in [5, 5.41) is 10.8. The van der Waals surface area contributed by atoms with Crippen molar-refractivity contribution in [3.8, 4) is 0 Å². The Labute approximate surface area is 130 Å². The van der Waals surface area contributed by atoms with E-state index in [1.807, 2.05) is 17.5 Å². The van der Waals surface area contributed by atoms with Gasteiger partial charge in [0.2, 0.25) is 0 Å². The molecule has 1 aliphatic heterocycles. The number of amides is 1. The highest BCUT2D eigenvalue weighted by Gasteiger charge is 2.27. The summed E-state index contributed by atoms with van der Waals surface area (Å²) in [6.45, 7) is 1.37. The third-order valence-corrected chi connectivity index (χ3v) is 4.27. The van der Waals surface area contributed by atoms with E-state index in [0.717, 1.165) is 11.1 Å². The number of carbonyl (C=O) groups is 2. The number of thiophene rings is 1. The number of ether oxygens (including phenoxy) is 1. The van der Waals surface area contributed by atoms with Gasteiger partial charge in [0, 0.05) is 11.4 Å². The van der Waals surface area contributed by atoms with E-state index < -0.39 is 5.97 Å². The summed E-state index contributed by atoms with van der Waals surface area (Å²) in [5.41, 5.74) is -0.0492. The summed E-state index contributed by atoms with van der Waals surface area (Å²) in [5.74, 6) is -1.44. The summed E-state index contributed by atoms with van der Waals surface area (Å²) in [7, 11) is 0. The maximum atomic E-state index is 12.4. The fourth-order valence-electron chi connectivity index (χ4n) is 2.19. The molecular weight excluding hydrogens is 306 g/mol.